The van der Waals surface area contributed by atoms with Crippen molar-refractivity contribution in [2.24, 2.45) is 0 Å². The van der Waals surface area contributed by atoms with Gasteiger partial charge >= 0.3 is 6.03 Å². The molecule has 0 radical (unpaired) electrons. The van der Waals surface area contributed by atoms with Gasteiger partial charge in [-0.2, -0.15) is 0 Å². The summed E-state index contributed by atoms with van der Waals surface area (Å²) in [6, 6.07) is 23.6. The van der Waals surface area contributed by atoms with E-state index in [1.807, 2.05) is 42.5 Å². The normalized spacial score (nSPS) is 16.2. The van der Waals surface area contributed by atoms with E-state index in [4.69, 9.17) is 4.74 Å². The molecule has 3 aromatic carbocycles. The SMILES string of the molecule is CC(C)c1ccc(NC(=O)Nc2ccc(N3CCN(Cc4ccccc4)CC3)c(C(=O)NCCN3CCOCC3)c2)cc1. The molecule has 2 aliphatic heterocycles. The van der Waals surface area contributed by atoms with E-state index in [2.05, 4.69) is 68.8 Å². The molecule has 2 fully saturated rings. The van der Waals surface area contributed by atoms with E-state index >= 15 is 0 Å². The van der Waals surface area contributed by atoms with E-state index in [0.29, 0.717) is 29.4 Å². The summed E-state index contributed by atoms with van der Waals surface area (Å²) < 4.78 is 5.44. The van der Waals surface area contributed by atoms with Crippen LogP contribution in [-0.2, 0) is 11.3 Å². The number of nitrogens with zero attached hydrogens (tertiary/aromatic N) is 3. The maximum atomic E-state index is 13.6. The molecule has 0 spiro atoms. The summed E-state index contributed by atoms with van der Waals surface area (Å²) in [5, 5.41) is 8.93. The number of rotatable bonds is 10. The molecule has 2 aliphatic rings. The van der Waals surface area contributed by atoms with Gasteiger partial charge in [0.05, 0.1) is 18.8 Å². The maximum Gasteiger partial charge on any atom is 0.323 e. The summed E-state index contributed by atoms with van der Waals surface area (Å²) in [5.74, 6) is 0.287. The molecule has 3 aromatic rings. The quantitative estimate of drug-likeness (QED) is 0.316. The molecule has 5 rings (SSSR count). The van der Waals surface area contributed by atoms with Crippen molar-refractivity contribution in [3.63, 3.8) is 0 Å². The van der Waals surface area contributed by atoms with Gasteiger partial charge in [-0.05, 0) is 47.4 Å². The third kappa shape index (κ3) is 8.79. The van der Waals surface area contributed by atoms with E-state index < -0.39 is 0 Å². The fourth-order valence-electron chi connectivity index (χ4n) is 5.55. The molecule has 9 nitrogen and oxygen atoms in total. The first-order valence-corrected chi connectivity index (χ1v) is 15.4. The Morgan fingerprint density at radius 1 is 0.791 bits per heavy atom. The van der Waals surface area contributed by atoms with Gasteiger partial charge in [-0.3, -0.25) is 14.6 Å². The highest BCUT2D eigenvalue weighted by Crippen LogP contribution is 2.27. The van der Waals surface area contributed by atoms with Crippen LogP contribution in [0.4, 0.5) is 21.9 Å². The van der Waals surface area contributed by atoms with Gasteiger partial charge < -0.3 is 25.6 Å². The van der Waals surface area contributed by atoms with Crippen LogP contribution >= 0.6 is 0 Å². The van der Waals surface area contributed by atoms with Crippen molar-refractivity contribution in [1.82, 2.24) is 15.1 Å². The van der Waals surface area contributed by atoms with Crippen molar-refractivity contribution in [3.05, 3.63) is 89.5 Å². The van der Waals surface area contributed by atoms with Gasteiger partial charge in [-0.15, -0.1) is 0 Å². The number of anilines is 3. The number of amides is 3. The molecule has 0 saturated carbocycles. The van der Waals surface area contributed by atoms with Crippen LogP contribution in [0.2, 0.25) is 0 Å². The van der Waals surface area contributed by atoms with E-state index in [0.717, 1.165) is 71.3 Å². The zero-order valence-corrected chi connectivity index (χ0v) is 25.4. The van der Waals surface area contributed by atoms with Crippen LogP contribution in [0.25, 0.3) is 0 Å². The Hall–Kier alpha value is -3.92. The second kappa shape index (κ2) is 15.0. The Kier molecular flexibility index (Phi) is 10.7. The average molecular weight is 585 g/mol. The summed E-state index contributed by atoms with van der Waals surface area (Å²) in [4.78, 5) is 33.4. The maximum absolute atomic E-state index is 13.6. The third-order valence-corrected chi connectivity index (χ3v) is 8.11. The lowest BCUT2D eigenvalue weighted by atomic mass is 10.0. The fourth-order valence-corrected chi connectivity index (χ4v) is 5.55. The van der Waals surface area contributed by atoms with Gasteiger partial charge in [0, 0.05) is 76.0 Å². The summed E-state index contributed by atoms with van der Waals surface area (Å²) in [7, 11) is 0. The highest BCUT2D eigenvalue weighted by molar-refractivity contribution is 6.04. The number of benzene rings is 3. The number of nitrogens with one attached hydrogen (secondary N) is 3. The smallest absolute Gasteiger partial charge is 0.323 e. The molecular weight excluding hydrogens is 540 g/mol. The summed E-state index contributed by atoms with van der Waals surface area (Å²) in [5.41, 5.74) is 5.26. The second-order valence-corrected chi connectivity index (χ2v) is 11.5. The van der Waals surface area contributed by atoms with Gasteiger partial charge in [0.25, 0.3) is 5.91 Å². The number of hydrogen-bond donors (Lipinski definition) is 3. The Balaban J connectivity index is 1.25. The van der Waals surface area contributed by atoms with Crippen molar-refractivity contribution in [2.75, 3.05) is 81.1 Å². The van der Waals surface area contributed by atoms with Gasteiger partial charge in [0.2, 0.25) is 0 Å². The van der Waals surface area contributed by atoms with Crippen LogP contribution in [0.15, 0.2) is 72.8 Å². The van der Waals surface area contributed by atoms with Gasteiger partial charge in [-0.1, -0.05) is 56.3 Å². The van der Waals surface area contributed by atoms with Crippen LogP contribution in [-0.4, -0.2) is 87.3 Å². The lowest BCUT2D eigenvalue weighted by molar-refractivity contribution is 0.0383. The standard InChI is InChI=1S/C34H44N6O3/c1-26(2)28-8-10-29(11-9-28)36-34(42)37-30-12-13-32(31(24-30)33(41)35-14-15-38-20-22-43-23-21-38)40-18-16-39(17-19-40)25-27-6-4-3-5-7-27/h3-13,24,26H,14-23,25H2,1-2H3,(H,35,41)(H2,36,37,42). The van der Waals surface area contributed by atoms with Crippen molar-refractivity contribution < 1.29 is 14.3 Å². The highest BCUT2D eigenvalue weighted by atomic mass is 16.5. The number of hydrogen-bond acceptors (Lipinski definition) is 6. The molecule has 228 valence electrons. The van der Waals surface area contributed by atoms with Crippen LogP contribution < -0.4 is 20.9 Å². The number of carbonyl (C=O) groups excluding carboxylic acids is 2. The van der Waals surface area contributed by atoms with Gasteiger partial charge in [-0.25, -0.2) is 4.79 Å². The average Bonchev–Trinajstić information content (AvgIpc) is 3.03. The van der Waals surface area contributed by atoms with Gasteiger partial charge in [0.15, 0.2) is 0 Å². The van der Waals surface area contributed by atoms with Crippen molar-refractivity contribution in [1.29, 1.82) is 0 Å². The Bertz CT molecular complexity index is 1330. The van der Waals surface area contributed by atoms with E-state index in [9.17, 15) is 9.59 Å². The van der Waals surface area contributed by atoms with E-state index in [-0.39, 0.29) is 11.9 Å². The molecule has 3 N–H and O–H groups in total. The topological polar surface area (TPSA) is 89.2 Å². The van der Waals surface area contributed by atoms with Crippen LogP contribution in [0.3, 0.4) is 0 Å². The predicted octanol–water partition coefficient (Wildman–Crippen LogP) is 4.84. The number of morpholine rings is 1. The number of piperazine rings is 1. The van der Waals surface area contributed by atoms with Gasteiger partial charge in [0.1, 0.15) is 0 Å². The fraction of sp³-hybridized carbons (Fsp3) is 0.412. The minimum atomic E-state index is -0.349. The van der Waals surface area contributed by atoms with Crippen LogP contribution in [0.5, 0.6) is 0 Å². The number of carbonyl (C=O) groups is 2. The summed E-state index contributed by atoms with van der Waals surface area (Å²) in [6.45, 7) is 13.2. The van der Waals surface area contributed by atoms with Crippen molar-refractivity contribution in [3.8, 4) is 0 Å². The van der Waals surface area contributed by atoms with E-state index in [1.54, 1.807) is 6.07 Å². The molecule has 0 atom stereocenters. The molecule has 3 amide bonds. The molecular formula is C34H44N6O3. The van der Waals surface area contributed by atoms with Crippen molar-refractivity contribution >= 4 is 29.0 Å². The second-order valence-electron chi connectivity index (χ2n) is 11.5. The molecule has 0 unspecified atom stereocenters. The monoisotopic (exact) mass is 584 g/mol. The summed E-state index contributed by atoms with van der Waals surface area (Å²) in [6.07, 6.45) is 0. The minimum Gasteiger partial charge on any atom is -0.379 e. The van der Waals surface area contributed by atoms with Crippen LogP contribution in [0, 0.1) is 0 Å². The Morgan fingerprint density at radius 2 is 1.47 bits per heavy atom. The molecule has 2 saturated heterocycles. The largest absolute Gasteiger partial charge is 0.379 e. The highest BCUT2D eigenvalue weighted by Gasteiger charge is 2.23. The lowest BCUT2D eigenvalue weighted by Gasteiger charge is -2.37. The summed E-state index contributed by atoms with van der Waals surface area (Å²) >= 11 is 0. The molecule has 0 aliphatic carbocycles. The third-order valence-electron chi connectivity index (χ3n) is 8.11. The zero-order valence-electron chi connectivity index (χ0n) is 25.4. The first kappa shape index (κ1) is 30.5. The predicted molar refractivity (Wildman–Crippen MR) is 173 cm³/mol. The van der Waals surface area contributed by atoms with Crippen molar-refractivity contribution in [2.45, 2.75) is 26.3 Å². The van der Waals surface area contributed by atoms with E-state index in [1.165, 1.54) is 11.1 Å². The molecule has 0 aromatic heterocycles. The first-order chi connectivity index (χ1) is 20.9. The number of urea groups is 1. The molecule has 2 heterocycles. The minimum absolute atomic E-state index is 0.136. The molecule has 43 heavy (non-hydrogen) atoms. The first-order valence-electron chi connectivity index (χ1n) is 15.4. The number of ether oxygens (including phenoxy) is 1. The Morgan fingerprint density at radius 3 is 2.16 bits per heavy atom. The molecule has 9 heteroatoms. The van der Waals surface area contributed by atoms with Crippen LogP contribution in [0.1, 0.15) is 41.3 Å². The lowest BCUT2D eigenvalue weighted by Crippen LogP contribution is -2.46. The zero-order chi connectivity index (χ0) is 30.0. The Labute approximate surface area is 255 Å². The molecule has 0 bridgehead atoms.